The van der Waals surface area contributed by atoms with Gasteiger partial charge in [-0.05, 0) is 44.9 Å². The molecule has 0 aliphatic carbocycles. The second-order valence-electron chi connectivity index (χ2n) is 20.6. The molecular formula is C58H110NO8+. The summed E-state index contributed by atoms with van der Waals surface area (Å²) in [6.45, 7) is 4.90. The van der Waals surface area contributed by atoms with Gasteiger partial charge in [0.15, 0.2) is 6.10 Å². The lowest BCUT2D eigenvalue weighted by molar-refractivity contribution is -0.870. The first-order valence-corrected chi connectivity index (χ1v) is 28.5. The van der Waals surface area contributed by atoms with Crippen LogP contribution < -0.4 is 0 Å². The number of carboxylic acid groups (broad SMARTS) is 1. The number of esters is 2. The van der Waals surface area contributed by atoms with E-state index in [1.54, 1.807) is 0 Å². The van der Waals surface area contributed by atoms with Gasteiger partial charge in [0, 0.05) is 12.8 Å². The molecule has 2 unspecified atom stereocenters. The molecule has 0 aromatic heterocycles. The summed E-state index contributed by atoms with van der Waals surface area (Å²) in [5.41, 5.74) is 0. The lowest BCUT2D eigenvalue weighted by atomic mass is 10.0. The fraction of sp³-hybridized carbons (Fsp3) is 0.879. The van der Waals surface area contributed by atoms with E-state index in [1.807, 2.05) is 21.1 Å². The van der Waals surface area contributed by atoms with E-state index >= 15 is 0 Å². The standard InChI is InChI=1S/C58H109NO8/c1-6-8-10-12-14-16-18-20-21-22-23-24-25-26-27-28-29-30-31-32-33-34-35-37-39-41-43-45-47-49-56(61)67-54(53-66-58(57(62)63)64-51-50-59(3,4)5)52-65-55(60)48-46-44-42-40-38-36-19-17-15-13-11-9-7-2/h18,20,22-23,54,58H,6-17,19,21,24-53H2,1-5H3/p+1/b20-18-,23-22-. The SMILES string of the molecule is CCCCCCC/C=C\C/C=C\CCCCCCCCCCCCCCCCCCCC(=O)OC(COC(=O)CCCCCCCCCCCCCCC)COC(OCC[N+](C)(C)C)C(=O)O. The molecular weight excluding hydrogens is 839 g/mol. The lowest BCUT2D eigenvalue weighted by Crippen LogP contribution is -2.40. The Morgan fingerprint density at radius 2 is 0.806 bits per heavy atom. The van der Waals surface area contributed by atoms with Crippen LogP contribution in [0.1, 0.15) is 271 Å². The number of hydrogen-bond donors (Lipinski definition) is 1. The Bertz CT molecular complexity index is 1150. The van der Waals surface area contributed by atoms with Crippen molar-refractivity contribution >= 4 is 17.9 Å². The molecule has 394 valence electrons. The monoisotopic (exact) mass is 949 g/mol. The van der Waals surface area contributed by atoms with Crippen molar-refractivity contribution in [2.75, 3.05) is 47.5 Å². The zero-order valence-corrected chi connectivity index (χ0v) is 44.8. The van der Waals surface area contributed by atoms with E-state index in [4.69, 9.17) is 18.9 Å². The minimum Gasteiger partial charge on any atom is -0.477 e. The molecule has 2 atom stereocenters. The van der Waals surface area contributed by atoms with Crippen LogP contribution in [0.15, 0.2) is 24.3 Å². The maximum absolute atomic E-state index is 12.8. The maximum Gasteiger partial charge on any atom is 0.361 e. The fourth-order valence-electron chi connectivity index (χ4n) is 8.28. The molecule has 0 aliphatic rings. The minimum atomic E-state index is -1.50. The van der Waals surface area contributed by atoms with Gasteiger partial charge in [0.25, 0.3) is 6.29 Å². The summed E-state index contributed by atoms with van der Waals surface area (Å²) in [7, 11) is 5.97. The number of rotatable bonds is 53. The largest absolute Gasteiger partial charge is 0.477 e. The molecule has 0 spiro atoms. The van der Waals surface area contributed by atoms with Crippen LogP contribution in [0.5, 0.6) is 0 Å². The van der Waals surface area contributed by atoms with Crippen molar-refractivity contribution in [2.24, 2.45) is 0 Å². The number of nitrogens with zero attached hydrogens (tertiary/aromatic N) is 1. The number of carbonyl (C=O) groups is 3. The van der Waals surface area contributed by atoms with Crippen LogP contribution in [0.4, 0.5) is 0 Å². The van der Waals surface area contributed by atoms with Crippen molar-refractivity contribution in [1.82, 2.24) is 0 Å². The molecule has 9 nitrogen and oxygen atoms in total. The first-order chi connectivity index (χ1) is 32.6. The van der Waals surface area contributed by atoms with Crippen LogP contribution in [0.3, 0.4) is 0 Å². The Morgan fingerprint density at radius 1 is 0.448 bits per heavy atom. The number of carboxylic acids is 1. The number of likely N-dealkylation sites (N-methyl/N-ethyl adjacent to an activating group) is 1. The summed E-state index contributed by atoms with van der Waals surface area (Å²) in [6.07, 6.45) is 55.4. The first kappa shape index (κ1) is 64.8. The summed E-state index contributed by atoms with van der Waals surface area (Å²) in [5.74, 6) is -1.99. The second-order valence-corrected chi connectivity index (χ2v) is 20.6. The summed E-state index contributed by atoms with van der Waals surface area (Å²) in [6, 6.07) is 0. The van der Waals surface area contributed by atoms with E-state index in [2.05, 4.69) is 38.2 Å². The van der Waals surface area contributed by atoms with Gasteiger partial charge in [-0.25, -0.2) is 4.79 Å². The van der Waals surface area contributed by atoms with Crippen molar-refractivity contribution in [1.29, 1.82) is 0 Å². The van der Waals surface area contributed by atoms with Crippen molar-refractivity contribution < 1.29 is 42.9 Å². The molecule has 67 heavy (non-hydrogen) atoms. The summed E-state index contributed by atoms with van der Waals surface area (Å²) >= 11 is 0. The Balaban J connectivity index is 4.12. The third-order valence-corrected chi connectivity index (χ3v) is 12.7. The third kappa shape index (κ3) is 51.4. The van der Waals surface area contributed by atoms with Crippen LogP contribution in [0.2, 0.25) is 0 Å². The van der Waals surface area contributed by atoms with Crippen LogP contribution >= 0.6 is 0 Å². The molecule has 0 heterocycles. The van der Waals surface area contributed by atoms with Crippen LogP contribution in [0, 0.1) is 0 Å². The normalized spacial score (nSPS) is 12.9. The third-order valence-electron chi connectivity index (χ3n) is 12.7. The Kier molecular flexibility index (Phi) is 48.5. The average molecular weight is 950 g/mol. The van der Waals surface area contributed by atoms with E-state index in [-0.39, 0.29) is 38.2 Å². The Morgan fingerprint density at radius 3 is 1.18 bits per heavy atom. The highest BCUT2D eigenvalue weighted by atomic mass is 16.7. The fourth-order valence-corrected chi connectivity index (χ4v) is 8.28. The average Bonchev–Trinajstić information content (AvgIpc) is 3.29. The van der Waals surface area contributed by atoms with E-state index in [0.717, 1.165) is 44.9 Å². The molecule has 9 heteroatoms. The van der Waals surface area contributed by atoms with Gasteiger partial charge >= 0.3 is 17.9 Å². The zero-order valence-electron chi connectivity index (χ0n) is 44.8. The molecule has 0 fully saturated rings. The molecule has 0 aliphatic heterocycles. The summed E-state index contributed by atoms with van der Waals surface area (Å²) in [4.78, 5) is 37.3. The van der Waals surface area contributed by atoms with Gasteiger partial charge in [-0.15, -0.1) is 0 Å². The molecule has 0 aromatic rings. The number of hydrogen-bond acceptors (Lipinski definition) is 7. The first-order valence-electron chi connectivity index (χ1n) is 28.5. The van der Waals surface area contributed by atoms with Crippen LogP contribution in [0.25, 0.3) is 0 Å². The van der Waals surface area contributed by atoms with E-state index in [1.165, 1.54) is 199 Å². The Labute approximate surface area is 414 Å². The van der Waals surface area contributed by atoms with Crippen molar-refractivity contribution in [3.05, 3.63) is 24.3 Å². The Hall–Kier alpha value is -2.23. The predicted octanol–water partition coefficient (Wildman–Crippen LogP) is 16.3. The van der Waals surface area contributed by atoms with Gasteiger partial charge in [-0.3, -0.25) is 9.59 Å². The molecule has 1 N–H and O–H groups in total. The van der Waals surface area contributed by atoms with Gasteiger partial charge in [-0.1, -0.05) is 237 Å². The van der Waals surface area contributed by atoms with Gasteiger partial charge in [-0.2, -0.15) is 0 Å². The van der Waals surface area contributed by atoms with E-state index < -0.39 is 18.4 Å². The molecule has 0 aromatic carbocycles. The van der Waals surface area contributed by atoms with Crippen molar-refractivity contribution in [3.63, 3.8) is 0 Å². The number of quaternary nitrogens is 1. The molecule has 0 saturated heterocycles. The van der Waals surface area contributed by atoms with E-state index in [9.17, 15) is 19.5 Å². The molecule has 0 saturated carbocycles. The number of carbonyl (C=O) groups excluding carboxylic acids is 2. The number of ether oxygens (including phenoxy) is 4. The molecule has 0 amide bonds. The lowest BCUT2D eigenvalue weighted by Gasteiger charge is -2.25. The zero-order chi connectivity index (χ0) is 49.2. The molecule has 0 bridgehead atoms. The highest BCUT2D eigenvalue weighted by Gasteiger charge is 2.25. The predicted molar refractivity (Wildman–Crippen MR) is 281 cm³/mol. The van der Waals surface area contributed by atoms with Crippen LogP contribution in [-0.2, 0) is 33.3 Å². The number of allylic oxidation sites excluding steroid dienone is 4. The van der Waals surface area contributed by atoms with Crippen molar-refractivity contribution in [2.45, 2.75) is 283 Å². The second kappa shape index (κ2) is 50.2. The van der Waals surface area contributed by atoms with Gasteiger partial charge in [0.2, 0.25) is 0 Å². The maximum atomic E-state index is 12.8. The van der Waals surface area contributed by atoms with Crippen molar-refractivity contribution in [3.8, 4) is 0 Å². The van der Waals surface area contributed by atoms with Gasteiger partial charge in [0.05, 0.1) is 34.4 Å². The smallest absolute Gasteiger partial charge is 0.361 e. The van der Waals surface area contributed by atoms with E-state index in [0.29, 0.717) is 17.4 Å². The highest BCUT2D eigenvalue weighted by Crippen LogP contribution is 2.17. The topological polar surface area (TPSA) is 108 Å². The number of aliphatic carboxylic acids is 1. The van der Waals surface area contributed by atoms with Gasteiger partial charge in [0.1, 0.15) is 13.2 Å². The number of unbranched alkanes of at least 4 members (excludes halogenated alkanes) is 34. The molecule has 0 rings (SSSR count). The van der Waals surface area contributed by atoms with Crippen LogP contribution in [-0.4, -0.2) is 87.4 Å². The summed E-state index contributed by atoms with van der Waals surface area (Å²) in [5, 5.41) is 9.68. The van der Waals surface area contributed by atoms with Gasteiger partial charge < -0.3 is 28.5 Å². The quantitative estimate of drug-likeness (QED) is 0.0211. The molecule has 0 radical (unpaired) electrons. The summed E-state index contributed by atoms with van der Waals surface area (Å²) < 4.78 is 22.9. The highest BCUT2D eigenvalue weighted by molar-refractivity contribution is 5.71. The minimum absolute atomic E-state index is 0.176.